The Hall–Kier alpha value is -1.07. The van der Waals surface area contributed by atoms with Crippen LogP contribution in [0.3, 0.4) is 0 Å². The molecule has 0 fully saturated rings. The van der Waals surface area contributed by atoms with E-state index in [-0.39, 0.29) is 11.7 Å². The molecule has 3 N–H and O–H groups in total. The number of halogens is 1. The van der Waals surface area contributed by atoms with E-state index in [9.17, 15) is 9.18 Å². The molecule has 1 aromatic rings. The molecule has 0 aromatic heterocycles. The summed E-state index contributed by atoms with van der Waals surface area (Å²) >= 11 is 1.39. The van der Waals surface area contributed by atoms with Crippen LogP contribution in [0.25, 0.3) is 0 Å². The van der Waals surface area contributed by atoms with Crippen LogP contribution in [0.1, 0.15) is 0 Å². The fourth-order valence-corrected chi connectivity index (χ4v) is 2.18. The van der Waals surface area contributed by atoms with Crippen LogP contribution in [0, 0.1) is 5.82 Å². The molecule has 0 aliphatic carbocycles. The molecule has 74 valence electrons. The number of fused-ring (bicyclic) bond motifs is 1. The predicted octanol–water partition coefficient (Wildman–Crippen LogP) is 1.20. The Kier molecular flexibility index (Phi) is 2.43. The molecule has 0 saturated heterocycles. The maximum atomic E-state index is 12.9. The van der Waals surface area contributed by atoms with Crippen LogP contribution in [0.5, 0.6) is 0 Å². The van der Waals surface area contributed by atoms with Crippen molar-refractivity contribution in [3.05, 3.63) is 24.0 Å². The van der Waals surface area contributed by atoms with Crippen molar-refractivity contribution >= 4 is 23.4 Å². The third-order valence-electron chi connectivity index (χ3n) is 1.96. The second kappa shape index (κ2) is 3.59. The highest BCUT2D eigenvalue weighted by atomic mass is 32.2. The molecule has 14 heavy (non-hydrogen) atoms. The normalized spacial score (nSPS) is 21.0. The van der Waals surface area contributed by atoms with Gasteiger partial charge in [0.15, 0.2) is 0 Å². The van der Waals surface area contributed by atoms with Crippen molar-refractivity contribution in [3.63, 3.8) is 0 Å². The van der Waals surface area contributed by atoms with Crippen molar-refractivity contribution < 1.29 is 9.18 Å². The number of carbonyl (C=O) groups excluding carboxylic acids is 1. The molecule has 1 atom stereocenters. The summed E-state index contributed by atoms with van der Waals surface area (Å²) in [5.41, 5.74) is 6.20. The first-order chi connectivity index (χ1) is 6.66. The van der Waals surface area contributed by atoms with Gasteiger partial charge >= 0.3 is 0 Å². The van der Waals surface area contributed by atoms with Crippen molar-refractivity contribution in [2.24, 2.45) is 5.73 Å². The summed E-state index contributed by atoms with van der Waals surface area (Å²) in [6, 6.07) is 3.73. The second-order valence-corrected chi connectivity index (χ2v) is 4.11. The van der Waals surface area contributed by atoms with Crippen LogP contribution in [0.2, 0.25) is 0 Å². The maximum absolute atomic E-state index is 12.9. The Morgan fingerprint density at radius 3 is 3.14 bits per heavy atom. The van der Waals surface area contributed by atoms with Crippen LogP contribution >= 0.6 is 11.8 Å². The summed E-state index contributed by atoms with van der Waals surface area (Å²) in [4.78, 5) is 12.0. The number of hydrogen-bond acceptors (Lipinski definition) is 3. The minimum absolute atomic E-state index is 0.220. The average Bonchev–Trinajstić information content (AvgIpc) is 2.29. The van der Waals surface area contributed by atoms with Crippen LogP contribution < -0.4 is 11.1 Å². The molecule has 0 spiro atoms. The summed E-state index contributed by atoms with van der Waals surface area (Å²) < 4.78 is 12.9. The second-order valence-electron chi connectivity index (χ2n) is 3.05. The highest BCUT2D eigenvalue weighted by molar-refractivity contribution is 7.99. The fraction of sp³-hybridized carbons (Fsp3) is 0.222. The smallest absolute Gasteiger partial charge is 0.242 e. The van der Waals surface area contributed by atoms with E-state index in [1.54, 1.807) is 6.07 Å². The first-order valence-corrected chi connectivity index (χ1v) is 5.14. The van der Waals surface area contributed by atoms with E-state index in [1.807, 2.05) is 0 Å². The number of rotatable bonds is 0. The number of hydrogen-bond donors (Lipinski definition) is 2. The number of nitrogens with one attached hydrogen (secondary N) is 1. The van der Waals surface area contributed by atoms with Gasteiger partial charge in [-0.1, -0.05) is 0 Å². The van der Waals surface area contributed by atoms with Crippen molar-refractivity contribution in [2.45, 2.75) is 10.9 Å². The quantitative estimate of drug-likeness (QED) is 0.679. The standard InChI is InChI=1S/C9H9FN2OS/c10-5-1-2-7-8(3-5)14-4-6(11)9(13)12-7/h1-3,6H,4,11H2,(H,12,13). The Morgan fingerprint density at radius 2 is 2.36 bits per heavy atom. The van der Waals surface area contributed by atoms with E-state index in [0.717, 1.165) is 4.90 Å². The Bertz CT molecular complexity index is 383. The lowest BCUT2D eigenvalue weighted by atomic mass is 10.3. The number of nitrogens with two attached hydrogens (primary N) is 1. The van der Waals surface area contributed by atoms with Gasteiger partial charge in [-0.3, -0.25) is 4.79 Å². The van der Waals surface area contributed by atoms with Crippen molar-refractivity contribution in [1.29, 1.82) is 0 Å². The van der Waals surface area contributed by atoms with E-state index in [0.29, 0.717) is 11.4 Å². The number of benzene rings is 1. The minimum atomic E-state index is -0.532. The molecule has 1 aliphatic rings. The minimum Gasteiger partial charge on any atom is -0.324 e. The summed E-state index contributed by atoms with van der Waals surface area (Å²) in [6.07, 6.45) is 0. The summed E-state index contributed by atoms with van der Waals surface area (Å²) in [7, 11) is 0. The van der Waals surface area contributed by atoms with Crippen LogP contribution in [-0.2, 0) is 4.79 Å². The average molecular weight is 212 g/mol. The molecule has 1 amide bonds. The van der Waals surface area contributed by atoms with Gasteiger partial charge in [0.2, 0.25) is 5.91 Å². The van der Waals surface area contributed by atoms with E-state index >= 15 is 0 Å². The van der Waals surface area contributed by atoms with E-state index in [4.69, 9.17) is 5.73 Å². The Balaban J connectivity index is 2.37. The van der Waals surface area contributed by atoms with E-state index in [1.165, 1.54) is 23.9 Å². The van der Waals surface area contributed by atoms with E-state index < -0.39 is 6.04 Å². The third kappa shape index (κ3) is 1.73. The van der Waals surface area contributed by atoms with Crippen LogP contribution in [-0.4, -0.2) is 17.7 Å². The first-order valence-electron chi connectivity index (χ1n) is 4.15. The van der Waals surface area contributed by atoms with Gasteiger partial charge in [-0.15, -0.1) is 11.8 Å². The summed E-state index contributed by atoms with van der Waals surface area (Å²) in [5, 5.41) is 2.65. The number of thioether (sulfide) groups is 1. The molecule has 1 aromatic carbocycles. The number of carbonyl (C=O) groups is 1. The zero-order valence-corrected chi connectivity index (χ0v) is 8.10. The molecule has 5 heteroatoms. The van der Waals surface area contributed by atoms with Gasteiger partial charge < -0.3 is 11.1 Å². The van der Waals surface area contributed by atoms with Gasteiger partial charge in [0.05, 0.1) is 11.7 Å². The lowest BCUT2D eigenvalue weighted by Crippen LogP contribution is -2.36. The lowest BCUT2D eigenvalue weighted by Gasteiger charge is -2.05. The monoisotopic (exact) mass is 212 g/mol. The van der Waals surface area contributed by atoms with Crippen molar-refractivity contribution in [2.75, 3.05) is 11.1 Å². The van der Waals surface area contributed by atoms with Gasteiger partial charge in [0.25, 0.3) is 0 Å². The highest BCUT2D eigenvalue weighted by Crippen LogP contribution is 2.30. The molecule has 0 radical (unpaired) electrons. The molecule has 1 heterocycles. The molecule has 0 bridgehead atoms. The van der Waals surface area contributed by atoms with Gasteiger partial charge in [0, 0.05) is 10.6 Å². The Morgan fingerprint density at radius 1 is 1.57 bits per heavy atom. The topological polar surface area (TPSA) is 55.1 Å². The Labute approximate surface area is 84.9 Å². The molecule has 2 rings (SSSR count). The maximum Gasteiger partial charge on any atom is 0.242 e. The van der Waals surface area contributed by atoms with Crippen molar-refractivity contribution in [1.82, 2.24) is 0 Å². The van der Waals surface area contributed by atoms with Crippen molar-refractivity contribution in [3.8, 4) is 0 Å². The van der Waals surface area contributed by atoms with Gasteiger partial charge in [-0.05, 0) is 18.2 Å². The van der Waals surface area contributed by atoms with Crippen LogP contribution in [0.4, 0.5) is 10.1 Å². The molecule has 3 nitrogen and oxygen atoms in total. The van der Waals surface area contributed by atoms with Crippen LogP contribution in [0.15, 0.2) is 23.1 Å². The fourth-order valence-electron chi connectivity index (χ4n) is 1.20. The predicted molar refractivity (Wildman–Crippen MR) is 53.7 cm³/mol. The molecule has 0 saturated carbocycles. The van der Waals surface area contributed by atoms with E-state index in [2.05, 4.69) is 5.32 Å². The summed E-state index contributed by atoms with van der Waals surface area (Å²) in [5.74, 6) is -0.0497. The zero-order valence-electron chi connectivity index (χ0n) is 7.29. The molecule has 1 unspecified atom stereocenters. The largest absolute Gasteiger partial charge is 0.324 e. The molecular weight excluding hydrogens is 203 g/mol. The first kappa shape index (κ1) is 9.48. The SMILES string of the molecule is NC1CSc2cc(F)ccc2NC1=O. The zero-order chi connectivity index (χ0) is 10.1. The van der Waals surface area contributed by atoms with Gasteiger partial charge in [-0.25, -0.2) is 4.39 Å². The van der Waals surface area contributed by atoms with Gasteiger partial charge in [-0.2, -0.15) is 0 Å². The number of anilines is 1. The third-order valence-corrected chi connectivity index (χ3v) is 3.13. The number of amides is 1. The molecule has 1 aliphatic heterocycles. The molecular formula is C9H9FN2OS. The van der Waals surface area contributed by atoms with Gasteiger partial charge in [0.1, 0.15) is 5.82 Å². The summed E-state index contributed by atoms with van der Waals surface area (Å²) in [6.45, 7) is 0. The lowest BCUT2D eigenvalue weighted by molar-refractivity contribution is -0.116. The highest BCUT2D eigenvalue weighted by Gasteiger charge is 2.20.